The summed E-state index contributed by atoms with van der Waals surface area (Å²) >= 11 is 0. The number of carboxylic acid groups (broad SMARTS) is 1. The van der Waals surface area contributed by atoms with Crippen LogP contribution < -0.4 is 0 Å². The summed E-state index contributed by atoms with van der Waals surface area (Å²) in [6.45, 7) is 15.8. The molecule has 2 heterocycles. The largest absolute Gasteiger partial charge is 0.481 e. The van der Waals surface area contributed by atoms with Crippen molar-refractivity contribution >= 4 is 11.9 Å². The van der Waals surface area contributed by atoms with Crippen molar-refractivity contribution in [1.82, 2.24) is 0 Å². The zero-order valence-electron chi connectivity index (χ0n) is 30.9. The summed E-state index contributed by atoms with van der Waals surface area (Å²) < 4.78 is 24.5. The van der Waals surface area contributed by atoms with Crippen LogP contribution in [0.2, 0.25) is 0 Å². The molecule has 50 heavy (non-hydrogen) atoms. The topological polar surface area (TPSA) is 192 Å². The molecule has 0 radical (unpaired) electrons. The van der Waals surface area contributed by atoms with Gasteiger partial charge in [0.05, 0.1) is 19.1 Å². The number of esters is 1. The Morgan fingerprint density at radius 1 is 0.980 bits per heavy atom. The Morgan fingerprint density at radius 2 is 1.66 bits per heavy atom. The quantitative estimate of drug-likeness (QED) is 0.129. The number of aliphatic hydroxyl groups is 5. The Morgan fingerprint density at radius 3 is 2.26 bits per heavy atom. The van der Waals surface area contributed by atoms with Gasteiger partial charge in [-0.25, -0.2) is 0 Å². The van der Waals surface area contributed by atoms with Gasteiger partial charge in [-0.1, -0.05) is 60.1 Å². The van der Waals surface area contributed by atoms with Gasteiger partial charge in [-0.15, -0.1) is 0 Å². The summed E-state index contributed by atoms with van der Waals surface area (Å²) in [7, 11) is 0. The van der Waals surface area contributed by atoms with E-state index >= 15 is 0 Å². The van der Waals surface area contributed by atoms with Crippen molar-refractivity contribution in [1.29, 1.82) is 0 Å². The highest BCUT2D eigenvalue weighted by Gasteiger charge is 2.74. The third kappa shape index (κ3) is 5.13. The van der Waals surface area contributed by atoms with E-state index in [1.165, 1.54) is 6.92 Å². The van der Waals surface area contributed by atoms with Crippen LogP contribution in [0.15, 0.2) is 11.6 Å². The van der Waals surface area contributed by atoms with Gasteiger partial charge in [0.15, 0.2) is 12.6 Å². The van der Waals surface area contributed by atoms with E-state index in [9.17, 15) is 40.2 Å². The predicted molar refractivity (Wildman–Crippen MR) is 179 cm³/mol. The number of carboxylic acids is 1. The minimum atomic E-state index is -1.65. The van der Waals surface area contributed by atoms with Gasteiger partial charge in [0.2, 0.25) is 0 Å². The van der Waals surface area contributed by atoms with Gasteiger partial charge < -0.3 is 49.6 Å². The zero-order chi connectivity index (χ0) is 36.9. The average molecular weight is 709 g/mol. The molecule has 12 nitrogen and oxygen atoms in total. The van der Waals surface area contributed by atoms with Gasteiger partial charge in [0, 0.05) is 24.2 Å². The Labute approximate surface area is 295 Å². The fraction of sp³-hybridized carbons (Fsp3) is 0.895. The van der Waals surface area contributed by atoms with E-state index < -0.39 is 101 Å². The molecule has 17 atom stereocenters. The third-order valence-corrected chi connectivity index (χ3v) is 15.6. The number of hydrogen-bond acceptors (Lipinski definition) is 11. The van der Waals surface area contributed by atoms with Crippen molar-refractivity contribution in [2.24, 2.45) is 56.7 Å². The van der Waals surface area contributed by atoms with Crippen LogP contribution in [0.5, 0.6) is 0 Å². The van der Waals surface area contributed by atoms with Gasteiger partial charge in [-0.2, -0.15) is 0 Å². The zero-order valence-corrected chi connectivity index (χ0v) is 30.9. The number of carbonyl (C=O) groups is 2. The standard InChI is InChI=1S/C38H60O12/c1-18(2)19(3)34(5)13-14-36(7)21-9-10-25-35(6)17-47-33(46)38(25,22(21)11-12-37(36,8)29(34)31(44)45)15-23(48-20(4)40)30(35)50-32-28(43)27(42)26(41)24(16-39)49-32/h11,18-19,21,23-30,32-33,39,41-43,46H,9-10,12-17H2,1-8H3,(H,44,45)/t19-,21+,23-,24-,25+,26-,27+,28-,29-,30+,32+,33?,34-,35?,36-,37+,38+/m1/s1. The molecule has 0 aromatic rings. The number of rotatable bonds is 7. The Bertz CT molecular complexity index is 1370. The molecule has 6 rings (SSSR count). The molecule has 6 aliphatic rings. The second-order valence-electron chi connectivity index (χ2n) is 18.0. The van der Waals surface area contributed by atoms with Crippen LogP contribution in [-0.2, 0) is 28.5 Å². The maximum Gasteiger partial charge on any atom is 0.307 e. The van der Waals surface area contributed by atoms with Crippen molar-refractivity contribution in [3.63, 3.8) is 0 Å². The molecule has 3 saturated carbocycles. The summed E-state index contributed by atoms with van der Waals surface area (Å²) in [5, 5.41) is 64.6. The Balaban J connectivity index is 1.42. The number of fused-ring (bicyclic) bond motifs is 3. The van der Waals surface area contributed by atoms with Gasteiger partial charge in [0.1, 0.15) is 36.6 Å². The lowest BCUT2D eigenvalue weighted by Gasteiger charge is -2.71. The summed E-state index contributed by atoms with van der Waals surface area (Å²) in [6.07, 6.45) is -4.59. The monoisotopic (exact) mass is 708 g/mol. The molecule has 284 valence electrons. The number of aliphatic hydroxyl groups excluding tert-OH is 5. The van der Waals surface area contributed by atoms with E-state index in [0.29, 0.717) is 18.8 Å². The molecule has 12 heteroatoms. The molecular formula is C38H60O12. The van der Waals surface area contributed by atoms with Crippen LogP contribution in [0.4, 0.5) is 0 Å². The molecule has 6 N–H and O–H groups in total. The highest BCUT2D eigenvalue weighted by molar-refractivity contribution is 5.73. The molecule has 2 saturated heterocycles. The normalized spacial score (nSPS) is 52.2. The van der Waals surface area contributed by atoms with Crippen molar-refractivity contribution in [2.75, 3.05) is 13.2 Å². The summed E-state index contributed by atoms with van der Waals surface area (Å²) in [5.74, 6) is -1.61. The van der Waals surface area contributed by atoms with Crippen LogP contribution in [-0.4, -0.2) is 105 Å². The van der Waals surface area contributed by atoms with Crippen molar-refractivity contribution in [3.05, 3.63) is 11.6 Å². The lowest BCUT2D eigenvalue weighted by atomic mass is 9.34. The summed E-state index contributed by atoms with van der Waals surface area (Å²) in [6, 6.07) is 0. The van der Waals surface area contributed by atoms with Crippen LogP contribution in [0.25, 0.3) is 0 Å². The molecule has 0 aromatic carbocycles. The molecule has 0 amide bonds. The van der Waals surface area contributed by atoms with Crippen LogP contribution >= 0.6 is 0 Å². The first-order valence-corrected chi connectivity index (χ1v) is 18.6. The number of carbonyl (C=O) groups excluding carboxylic acids is 1. The highest BCUT2D eigenvalue weighted by atomic mass is 16.7. The SMILES string of the molecule is CC(=O)O[C@@H]1C[C@]23C4=CC[C@@]5(C)[C@H](C(=O)O)[C@@](C)([C@H](C)C(C)C)CC[C@]5(C)[C@H]4CC[C@H]2C(C)(COC3O)[C@H]1O[C@@H]1O[C@H](CO)[C@@H](O)[C@H](O)[C@H]1O. The van der Waals surface area contributed by atoms with Crippen LogP contribution in [0, 0.1) is 56.7 Å². The van der Waals surface area contributed by atoms with E-state index in [0.717, 1.165) is 24.8 Å². The van der Waals surface area contributed by atoms with Crippen molar-refractivity contribution in [2.45, 2.75) is 143 Å². The molecule has 5 fully saturated rings. The molecule has 2 aliphatic heterocycles. The Hall–Kier alpha value is -1.64. The maximum absolute atomic E-state index is 13.4. The van der Waals surface area contributed by atoms with Gasteiger partial charge in [-0.05, 0) is 72.0 Å². The van der Waals surface area contributed by atoms with Crippen molar-refractivity contribution in [3.8, 4) is 0 Å². The smallest absolute Gasteiger partial charge is 0.307 e. The minimum absolute atomic E-state index is 0.0419. The van der Waals surface area contributed by atoms with E-state index in [2.05, 4.69) is 47.6 Å². The lowest BCUT2D eigenvalue weighted by Crippen LogP contribution is -2.73. The van der Waals surface area contributed by atoms with E-state index in [-0.39, 0.29) is 30.8 Å². The Kier molecular flexibility index (Phi) is 9.71. The van der Waals surface area contributed by atoms with E-state index in [4.69, 9.17) is 18.9 Å². The van der Waals surface area contributed by atoms with Crippen LogP contribution in [0.3, 0.4) is 0 Å². The molecule has 2 unspecified atom stereocenters. The van der Waals surface area contributed by atoms with Crippen LogP contribution in [0.1, 0.15) is 93.9 Å². The molecule has 4 aliphatic carbocycles. The predicted octanol–water partition coefficient (Wildman–Crippen LogP) is 3.01. The summed E-state index contributed by atoms with van der Waals surface area (Å²) in [4.78, 5) is 26.1. The first kappa shape index (κ1) is 38.1. The number of hydrogen-bond donors (Lipinski definition) is 6. The van der Waals surface area contributed by atoms with E-state index in [1.807, 2.05) is 6.92 Å². The lowest BCUT2D eigenvalue weighted by molar-refractivity contribution is -0.369. The number of aliphatic carboxylic acids is 1. The second kappa shape index (κ2) is 12.7. The van der Waals surface area contributed by atoms with E-state index in [1.54, 1.807) is 0 Å². The van der Waals surface area contributed by atoms with Gasteiger partial charge >= 0.3 is 11.9 Å². The molecule has 2 bridgehead atoms. The third-order valence-electron chi connectivity index (χ3n) is 15.6. The minimum Gasteiger partial charge on any atom is -0.481 e. The molecular weight excluding hydrogens is 648 g/mol. The fourth-order valence-corrected chi connectivity index (χ4v) is 12.5. The summed E-state index contributed by atoms with van der Waals surface area (Å²) in [5.41, 5.74) is -2.15. The fourth-order valence-electron chi connectivity index (χ4n) is 12.5. The first-order valence-electron chi connectivity index (χ1n) is 18.6. The van der Waals surface area contributed by atoms with Gasteiger partial charge in [0.25, 0.3) is 0 Å². The highest BCUT2D eigenvalue weighted by Crippen LogP contribution is 2.75. The number of allylic oxidation sites excluding steroid dienone is 1. The first-order chi connectivity index (χ1) is 23.2. The molecule has 0 aromatic heterocycles. The maximum atomic E-state index is 13.4. The van der Waals surface area contributed by atoms with Crippen molar-refractivity contribution < 1.29 is 59.2 Å². The van der Waals surface area contributed by atoms with Gasteiger partial charge in [-0.3, -0.25) is 9.59 Å². The average Bonchev–Trinajstić information content (AvgIpc) is 3.04. The number of ether oxygens (including phenoxy) is 4. The molecule has 0 spiro atoms. The second-order valence-corrected chi connectivity index (χ2v) is 18.0.